The predicted molar refractivity (Wildman–Crippen MR) is 108 cm³/mol. The lowest BCUT2D eigenvalue weighted by atomic mass is 9.87. The average molecular weight is 394 g/mol. The minimum Gasteiger partial charge on any atom is -0.373 e. The number of nitrogens with one attached hydrogen (secondary N) is 2. The van der Waals surface area contributed by atoms with Crippen LogP contribution >= 0.6 is 0 Å². The van der Waals surface area contributed by atoms with E-state index in [2.05, 4.69) is 36.4 Å². The lowest BCUT2D eigenvalue weighted by Gasteiger charge is -2.22. The van der Waals surface area contributed by atoms with Crippen molar-refractivity contribution in [3.63, 3.8) is 0 Å². The number of benzene rings is 1. The summed E-state index contributed by atoms with van der Waals surface area (Å²) in [5.74, 6) is 0.657. The Bertz CT molecular complexity index is 782. The third-order valence-corrected chi connectivity index (χ3v) is 7.13. The first-order valence-electron chi connectivity index (χ1n) is 9.65. The molecule has 0 amide bonds. The molecule has 0 aliphatic carbocycles. The predicted octanol–water partition coefficient (Wildman–Crippen LogP) is 2.24. The Morgan fingerprint density at radius 2 is 1.93 bits per heavy atom. The fraction of sp³-hybridized carbons (Fsp3) is 0.650. The Labute approximate surface area is 162 Å². The van der Waals surface area contributed by atoms with Crippen molar-refractivity contribution in [3.05, 3.63) is 29.8 Å². The Morgan fingerprint density at radius 1 is 1.22 bits per heavy atom. The molecule has 1 aromatic carbocycles. The minimum absolute atomic E-state index is 0.00536. The van der Waals surface area contributed by atoms with Gasteiger partial charge in [-0.05, 0) is 42.4 Å². The van der Waals surface area contributed by atoms with Gasteiger partial charge in [-0.1, -0.05) is 32.9 Å². The molecule has 27 heavy (non-hydrogen) atoms. The molecule has 1 aromatic rings. The second kappa shape index (κ2) is 7.80. The topological polar surface area (TPSA) is 79.8 Å². The van der Waals surface area contributed by atoms with Crippen molar-refractivity contribution in [1.82, 2.24) is 10.6 Å². The summed E-state index contributed by atoms with van der Waals surface area (Å²) in [6.45, 7) is 6.64. The van der Waals surface area contributed by atoms with E-state index in [9.17, 15) is 8.42 Å². The summed E-state index contributed by atoms with van der Waals surface area (Å²) in [5.41, 5.74) is 1.13. The van der Waals surface area contributed by atoms with E-state index in [1.807, 2.05) is 12.1 Å². The minimum atomic E-state index is -3.33. The molecule has 6 nitrogen and oxygen atoms in total. The maximum atomic E-state index is 12.6. The van der Waals surface area contributed by atoms with Gasteiger partial charge in [-0.3, -0.25) is 4.99 Å². The van der Waals surface area contributed by atoms with Gasteiger partial charge in [0, 0.05) is 13.6 Å². The zero-order chi connectivity index (χ0) is 19.7. The van der Waals surface area contributed by atoms with Gasteiger partial charge in [-0.15, -0.1) is 0 Å². The molecule has 0 radical (unpaired) electrons. The van der Waals surface area contributed by atoms with Crippen LogP contribution in [-0.2, 0) is 20.0 Å². The normalized spacial score (nSPS) is 25.6. The number of hydrogen-bond acceptors (Lipinski definition) is 4. The third kappa shape index (κ3) is 4.82. The first-order valence-corrected chi connectivity index (χ1v) is 11.3. The highest BCUT2D eigenvalue weighted by molar-refractivity contribution is 7.91. The third-order valence-electron chi connectivity index (χ3n) is 5.39. The van der Waals surface area contributed by atoms with Gasteiger partial charge in [0.05, 0.1) is 28.9 Å². The van der Waals surface area contributed by atoms with E-state index in [0.29, 0.717) is 23.5 Å². The average Bonchev–Trinajstić information content (AvgIpc) is 3.23. The summed E-state index contributed by atoms with van der Waals surface area (Å²) >= 11 is 0. The van der Waals surface area contributed by atoms with Gasteiger partial charge in [-0.25, -0.2) is 8.42 Å². The first-order chi connectivity index (χ1) is 12.7. The van der Waals surface area contributed by atoms with Gasteiger partial charge in [0.2, 0.25) is 0 Å². The maximum absolute atomic E-state index is 12.6. The zero-order valence-electron chi connectivity index (χ0n) is 16.7. The number of guanidine groups is 1. The smallest absolute Gasteiger partial charge is 0.191 e. The van der Waals surface area contributed by atoms with Gasteiger partial charge < -0.3 is 15.4 Å². The second-order valence-electron chi connectivity index (χ2n) is 8.45. The van der Waals surface area contributed by atoms with E-state index >= 15 is 0 Å². The molecule has 3 rings (SSSR count). The number of aliphatic imine (C=N–C) groups is 1. The summed E-state index contributed by atoms with van der Waals surface area (Å²) < 4.78 is 31.0. The van der Waals surface area contributed by atoms with Crippen LogP contribution in [0.25, 0.3) is 0 Å². The molecule has 2 aliphatic rings. The summed E-state index contributed by atoms with van der Waals surface area (Å²) in [5, 5.41) is 6.49. The fourth-order valence-electron chi connectivity index (χ4n) is 3.74. The lowest BCUT2D eigenvalue weighted by Crippen LogP contribution is -2.48. The van der Waals surface area contributed by atoms with Crippen LogP contribution in [0, 0.1) is 0 Å². The van der Waals surface area contributed by atoms with Gasteiger partial charge in [0.15, 0.2) is 15.8 Å². The van der Waals surface area contributed by atoms with E-state index in [1.54, 1.807) is 19.2 Å². The summed E-state index contributed by atoms with van der Waals surface area (Å²) in [4.78, 5) is 4.57. The van der Waals surface area contributed by atoms with Crippen molar-refractivity contribution in [2.45, 2.75) is 68.6 Å². The number of sulfone groups is 1. The highest BCUT2D eigenvalue weighted by atomic mass is 32.2. The van der Waals surface area contributed by atoms with Crippen LogP contribution in [0.3, 0.4) is 0 Å². The van der Waals surface area contributed by atoms with Crippen molar-refractivity contribution >= 4 is 15.8 Å². The van der Waals surface area contributed by atoms with E-state index in [1.165, 1.54) is 0 Å². The van der Waals surface area contributed by atoms with Crippen LogP contribution in [0.5, 0.6) is 0 Å². The van der Waals surface area contributed by atoms with E-state index < -0.39 is 9.84 Å². The van der Waals surface area contributed by atoms with Crippen molar-refractivity contribution in [3.8, 4) is 0 Å². The molecule has 2 saturated heterocycles. The highest BCUT2D eigenvalue weighted by Gasteiger charge is 2.41. The van der Waals surface area contributed by atoms with Gasteiger partial charge in [-0.2, -0.15) is 0 Å². The lowest BCUT2D eigenvalue weighted by molar-refractivity contribution is 0.0992. The standard InChI is InChI=1S/C20H31N3O3S/c1-20(2,3)14-5-8-16(9-6-14)27(24,25)12-11-22-19(21-4)23-17-13-15-7-10-18(17)26-15/h5-6,8-9,15,17-18H,7,10-13H2,1-4H3,(H2,21,22,23). The van der Waals surface area contributed by atoms with Crippen LogP contribution in [0.15, 0.2) is 34.2 Å². The molecule has 2 fully saturated rings. The van der Waals surface area contributed by atoms with Crippen molar-refractivity contribution in [2.24, 2.45) is 4.99 Å². The first kappa shape index (κ1) is 20.1. The van der Waals surface area contributed by atoms with E-state index in [0.717, 1.165) is 24.8 Å². The molecular weight excluding hydrogens is 362 g/mol. The molecule has 0 saturated carbocycles. The van der Waals surface area contributed by atoms with E-state index in [-0.39, 0.29) is 23.3 Å². The molecular formula is C20H31N3O3S. The maximum Gasteiger partial charge on any atom is 0.191 e. The highest BCUT2D eigenvalue weighted by Crippen LogP contribution is 2.34. The summed E-state index contributed by atoms with van der Waals surface area (Å²) in [7, 11) is -1.63. The fourth-order valence-corrected chi connectivity index (χ4v) is 4.90. The van der Waals surface area contributed by atoms with Gasteiger partial charge in [0.25, 0.3) is 0 Å². The number of nitrogens with zero attached hydrogens (tertiary/aromatic N) is 1. The van der Waals surface area contributed by atoms with Crippen LogP contribution in [0.1, 0.15) is 45.6 Å². The van der Waals surface area contributed by atoms with Crippen molar-refractivity contribution in [1.29, 1.82) is 0 Å². The van der Waals surface area contributed by atoms with Crippen LogP contribution in [0.4, 0.5) is 0 Å². The Hall–Kier alpha value is -1.60. The molecule has 3 unspecified atom stereocenters. The van der Waals surface area contributed by atoms with Crippen molar-refractivity contribution in [2.75, 3.05) is 19.3 Å². The van der Waals surface area contributed by atoms with Gasteiger partial charge >= 0.3 is 0 Å². The molecule has 2 N–H and O–H groups in total. The van der Waals surface area contributed by atoms with Crippen LogP contribution in [-0.4, -0.2) is 52.0 Å². The Morgan fingerprint density at radius 3 is 2.44 bits per heavy atom. The van der Waals surface area contributed by atoms with Crippen LogP contribution < -0.4 is 10.6 Å². The van der Waals surface area contributed by atoms with Gasteiger partial charge in [0.1, 0.15) is 0 Å². The molecule has 3 atom stereocenters. The quantitative estimate of drug-likeness (QED) is 0.592. The largest absolute Gasteiger partial charge is 0.373 e. The van der Waals surface area contributed by atoms with Crippen molar-refractivity contribution < 1.29 is 13.2 Å². The summed E-state index contributed by atoms with van der Waals surface area (Å²) in [6, 6.07) is 7.47. The molecule has 2 aliphatic heterocycles. The molecule has 7 heteroatoms. The SMILES string of the molecule is CN=C(NCCS(=O)(=O)c1ccc(C(C)(C)C)cc1)NC1CC2CCC1O2. The monoisotopic (exact) mass is 393 g/mol. The number of hydrogen-bond donors (Lipinski definition) is 2. The van der Waals surface area contributed by atoms with Crippen LogP contribution in [0.2, 0.25) is 0 Å². The zero-order valence-corrected chi connectivity index (χ0v) is 17.5. The Balaban J connectivity index is 1.52. The number of ether oxygens (including phenoxy) is 1. The molecule has 2 bridgehead atoms. The second-order valence-corrected chi connectivity index (χ2v) is 10.6. The Kier molecular flexibility index (Phi) is 5.82. The number of fused-ring (bicyclic) bond motifs is 2. The van der Waals surface area contributed by atoms with E-state index in [4.69, 9.17) is 4.74 Å². The summed E-state index contributed by atoms with van der Waals surface area (Å²) in [6.07, 6.45) is 3.82. The number of rotatable bonds is 5. The molecule has 2 heterocycles. The molecule has 0 spiro atoms. The molecule has 0 aromatic heterocycles. The molecule has 150 valence electrons.